The third-order valence-corrected chi connectivity index (χ3v) is 5.47. The van der Waals surface area contributed by atoms with Crippen LogP contribution in [0.3, 0.4) is 0 Å². The van der Waals surface area contributed by atoms with Gasteiger partial charge in [0.15, 0.2) is 16.8 Å². The summed E-state index contributed by atoms with van der Waals surface area (Å²) in [4.78, 5) is 24.8. The van der Waals surface area contributed by atoms with Gasteiger partial charge < -0.3 is 19.7 Å². The predicted molar refractivity (Wildman–Crippen MR) is 113 cm³/mol. The smallest absolute Gasteiger partial charge is 0.251 e. The lowest BCUT2D eigenvalue weighted by atomic mass is 10.2. The number of nitrogens with zero attached hydrogens (tertiary/aromatic N) is 3. The maximum absolute atomic E-state index is 12.5. The summed E-state index contributed by atoms with van der Waals surface area (Å²) in [5, 5.41) is 21.2. The van der Waals surface area contributed by atoms with Crippen LogP contribution in [0.5, 0.6) is 5.75 Å². The summed E-state index contributed by atoms with van der Waals surface area (Å²) < 4.78 is 6.75. The van der Waals surface area contributed by atoms with Crippen LogP contribution in [0.2, 0.25) is 0 Å². The van der Waals surface area contributed by atoms with Crippen molar-refractivity contribution in [1.82, 2.24) is 20.1 Å². The standard InChI is InChI=1S/C21H22N4O4S/c1-25-19(17(12-26)22-20(28)15-8-10-16(29-2)11-9-15)23-24-21(25)30-13-18(27)14-6-4-3-5-7-14/h3-11,17,26H,12-13H2,1-2H3,(H,22,28)/t17-/m1/s1. The molecule has 0 spiro atoms. The SMILES string of the molecule is COc1ccc(C(=O)N[C@H](CO)c2nnc(SCC(=O)c3ccccc3)n2C)cc1. The molecule has 8 nitrogen and oxygen atoms in total. The first kappa shape index (κ1) is 21.5. The molecule has 0 saturated heterocycles. The molecule has 0 aliphatic heterocycles. The Bertz CT molecular complexity index is 1010. The molecule has 1 heterocycles. The number of nitrogens with one attached hydrogen (secondary N) is 1. The molecule has 1 amide bonds. The molecule has 0 bridgehead atoms. The first-order valence-electron chi connectivity index (χ1n) is 9.19. The van der Waals surface area contributed by atoms with Crippen LogP contribution < -0.4 is 10.1 Å². The van der Waals surface area contributed by atoms with Crippen LogP contribution in [0.4, 0.5) is 0 Å². The third kappa shape index (κ3) is 5.05. The van der Waals surface area contributed by atoms with E-state index in [0.717, 1.165) is 0 Å². The van der Waals surface area contributed by atoms with E-state index < -0.39 is 6.04 Å². The van der Waals surface area contributed by atoms with Gasteiger partial charge in [-0.05, 0) is 24.3 Å². The molecule has 2 N–H and O–H groups in total. The van der Waals surface area contributed by atoms with Gasteiger partial charge in [0.25, 0.3) is 5.91 Å². The van der Waals surface area contributed by atoms with Gasteiger partial charge in [-0.25, -0.2) is 0 Å². The number of rotatable bonds is 9. The lowest BCUT2D eigenvalue weighted by Crippen LogP contribution is -2.32. The van der Waals surface area contributed by atoms with Gasteiger partial charge in [-0.1, -0.05) is 42.1 Å². The molecule has 3 rings (SSSR count). The fraction of sp³-hybridized carbons (Fsp3) is 0.238. The lowest BCUT2D eigenvalue weighted by Gasteiger charge is -2.16. The zero-order valence-corrected chi connectivity index (χ0v) is 17.4. The highest BCUT2D eigenvalue weighted by Crippen LogP contribution is 2.21. The number of hydrogen-bond donors (Lipinski definition) is 2. The van der Waals surface area contributed by atoms with E-state index >= 15 is 0 Å². The molecule has 0 radical (unpaired) electrons. The van der Waals surface area contributed by atoms with Crippen LogP contribution in [-0.4, -0.2) is 51.0 Å². The Morgan fingerprint density at radius 2 is 1.80 bits per heavy atom. The number of methoxy groups -OCH3 is 1. The van der Waals surface area contributed by atoms with Crippen molar-refractivity contribution < 1.29 is 19.4 Å². The zero-order valence-electron chi connectivity index (χ0n) is 16.6. The molecule has 9 heteroatoms. The fourth-order valence-corrected chi connectivity index (χ4v) is 3.58. The Morgan fingerprint density at radius 3 is 2.43 bits per heavy atom. The number of aliphatic hydroxyl groups is 1. The number of thioether (sulfide) groups is 1. The number of ether oxygens (including phenoxy) is 1. The van der Waals surface area contributed by atoms with Gasteiger partial charge in [0.2, 0.25) is 0 Å². The molecule has 0 aliphatic carbocycles. The van der Waals surface area contributed by atoms with Gasteiger partial charge in [0.1, 0.15) is 11.8 Å². The number of aromatic nitrogens is 3. The minimum absolute atomic E-state index is 0.0170. The van der Waals surface area contributed by atoms with E-state index in [9.17, 15) is 14.7 Å². The van der Waals surface area contributed by atoms with Crippen molar-refractivity contribution in [1.29, 1.82) is 0 Å². The minimum Gasteiger partial charge on any atom is -0.497 e. The summed E-state index contributed by atoms with van der Waals surface area (Å²) in [6, 6.07) is 14.9. The first-order chi connectivity index (χ1) is 14.5. The summed E-state index contributed by atoms with van der Waals surface area (Å²) in [5.41, 5.74) is 1.06. The molecular formula is C21H22N4O4S. The number of Topliss-reactive ketones (excluding diaryl/α,β-unsaturated/α-hetero) is 1. The average molecular weight is 426 g/mol. The first-order valence-corrected chi connectivity index (χ1v) is 10.2. The van der Waals surface area contributed by atoms with Crippen LogP contribution in [0, 0.1) is 0 Å². The van der Waals surface area contributed by atoms with E-state index in [4.69, 9.17) is 4.74 Å². The molecule has 0 unspecified atom stereocenters. The molecule has 3 aromatic rings. The van der Waals surface area contributed by atoms with Crippen molar-refractivity contribution in [2.45, 2.75) is 11.2 Å². The van der Waals surface area contributed by atoms with Crippen molar-refractivity contribution in [2.75, 3.05) is 19.5 Å². The largest absolute Gasteiger partial charge is 0.497 e. The van der Waals surface area contributed by atoms with Gasteiger partial charge in [0.05, 0.1) is 19.5 Å². The van der Waals surface area contributed by atoms with Crippen LogP contribution in [0.25, 0.3) is 0 Å². The highest BCUT2D eigenvalue weighted by molar-refractivity contribution is 7.99. The van der Waals surface area contributed by atoms with Crippen LogP contribution in [0.1, 0.15) is 32.6 Å². The van der Waals surface area contributed by atoms with Crippen molar-refractivity contribution in [3.63, 3.8) is 0 Å². The van der Waals surface area contributed by atoms with Crippen molar-refractivity contribution >= 4 is 23.5 Å². The monoisotopic (exact) mass is 426 g/mol. The molecular weight excluding hydrogens is 404 g/mol. The van der Waals surface area contributed by atoms with E-state index in [2.05, 4.69) is 15.5 Å². The highest BCUT2D eigenvalue weighted by Gasteiger charge is 2.22. The molecule has 156 valence electrons. The maximum atomic E-state index is 12.5. The summed E-state index contributed by atoms with van der Waals surface area (Å²) in [6.45, 7) is -0.346. The number of ketones is 1. The number of carbonyl (C=O) groups excluding carboxylic acids is 2. The van der Waals surface area contributed by atoms with Crippen LogP contribution >= 0.6 is 11.8 Å². The minimum atomic E-state index is -0.740. The second kappa shape index (κ2) is 10.0. The van der Waals surface area contributed by atoms with Gasteiger partial charge in [-0.3, -0.25) is 9.59 Å². The zero-order chi connectivity index (χ0) is 21.5. The van der Waals surface area contributed by atoms with Crippen molar-refractivity contribution in [3.05, 3.63) is 71.5 Å². The van der Waals surface area contributed by atoms with E-state index in [1.807, 2.05) is 18.2 Å². The van der Waals surface area contributed by atoms with Crippen LogP contribution in [-0.2, 0) is 7.05 Å². The van der Waals surface area contributed by atoms with Crippen molar-refractivity contribution in [3.8, 4) is 5.75 Å². The van der Waals surface area contributed by atoms with E-state index in [0.29, 0.717) is 27.9 Å². The Balaban J connectivity index is 1.66. The Morgan fingerprint density at radius 1 is 1.10 bits per heavy atom. The second-order valence-corrected chi connectivity index (χ2v) is 7.36. The quantitative estimate of drug-likeness (QED) is 0.399. The number of carbonyl (C=O) groups is 2. The van der Waals surface area contributed by atoms with Gasteiger partial charge in [-0.15, -0.1) is 10.2 Å². The van der Waals surface area contributed by atoms with Crippen LogP contribution in [0.15, 0.2) is 59.8 Å². The highest BCUT2D eigenvalue weighted by atomic mass is 32.2. The lowest BCUT2D eigenvalue weighted by molar-refractivity contribution is 0.0911. The third-order valence-electron chi connectivity index (χ3n) is 4.45. The van der Waals surface area contributed by atoms with E-state index in [1.54, 1.807) is 55.1 Å². The molecule has 0 saturated carbocycles. The topological polar surface area (TPSA) is 106 Å². The van der Waals surface area contributed by atoms with E-state index in [-0.39, 0.29) is 24.1 Å². The second-order valence-electron chi connectivity index (χ2n) is 6.41. The molecule has 0 fully saturated rings. The Labute approximate surface area is 178 Å². The molecule has 1 atom stereocenters. The van der Waals surface area contributed by atoms with Crippen molar-refractivity contribution in [2.24, 2.45) is 7.05 Å². The molecule has 2 aromatic carbocycles. The summed E-state index contributed by atoms with van der Waals surface area (Å²) in [7, 11) is 3.28. The van der Waals surface area contributed by atoms with Gasteiger partial charge >= 0.3 is 0 Å². The summed E-state index contributed by atoms with van der Waals surface area (Å²) >= 11 is 1.25. The number of amides is 1. The average Bonchev–Trinajstić information content (AvgIpc) is 3.16. The number of benzene rings is 2. The number of aliphatic hydroxyl groups excluding tert-OH is 1. The summed E-state index contributed by atoms with van der Waals surface area (Å²) in [5.74, 6) is 0.877. The molecule has 0 aliphatic rings. The maximum Gasteiger partial charge on any atom is 0.251 e. The van der Waals surface area contributed by atoms with Gasteiger partial charge in [0, 0.05) is 18.2 Å². The fourth-order valence-electron chi connectivity index (χ4n) is 2.77. The molecule has 30 heavy (non-hydrogen) atoms. The number of hydrogen-bond acceptors (Lipinski definition) is 7. The normalized spacial score (nSPS) is 11.7. The Hall–Kier alpha value is -3.17. The summed E-state index contributed by atoms with van der Waals surface area (Å²) in [6.07, 6.45) is 0. The molecule has 1 aromatic heterocycles. The van der Waals surface area contributed by atoms with E-state index in [1.165, 1.54) is 11.8 Å². The van der Waals surface area contributed by atoms with Gasteiger partial charge in [-0.2, -0.15) is 0 Å². The predicted octanol–water partition coefficient (Wildman–Crippen LogP) is 2.26. The Kier molecular flexibility index (Phi) is 7.21.